The highest BCUT2D eigenvalue weighted by Crippen LogP contribution is 2.25. The van der Waals surface area contributed by atoms with Gasteiger partial charge in [-0.25, -0.2) is 0 Å². The Bertz CT molecular complexity index is 442. The molecule has 1 aliphatic heterocycles. The van der Waals surface area contributed by atoms with Gasteiger partial charge in [0.2, 0.25) is 0 Å². The molecule has 1 aromatic rings. The first-order chi connectivity index (χ1) is 10.1. The van der Waals surface area contributed by atoms with Crippen molar-refractivity contribution in [2.45, 2.75) is 26.3 Å². The summed E-state index contributed by atoms with van der Waals surface area (Å²) in [4.78, 5) is 4.77. The Labute approximate surface area is 134 Å². The lowest BCUT2D eigenvalue weighted by molar-refractivity contribution is 0.222. The van der Waals surface area contributed by atoms with Crippen LogP contribution in [0.25, 0.3) is 0 Å². The van der Waals surface area contributed by atoms with Gasteiger partial charge >= 0.3 is 0 Å². The van der Waals surface area contributed by atoms with Gasteiger partial charge in [0.1, 0.15) is 0 Å². The van der Waals surface area contributed by atoms with Crippen LogP contribution in [-0.2, 0) is 6.54 Å². The van der Waals surface area contributed by atoms with Gasteiger partial charge in [-0.15, -0.1) is 0 Å². The van der Waals surface area contributed by atoms with E-state index in [1.807, 2.05) is 0 Å². The molecule has 0 bridgehead atoms. The van der Waals surface area contributed by atoms with Gasteiger partial charge < -0.3 is 15.1 Å². The van der Waals surface area contributed by atoms with Crippen LogP contribution in [0.15, 0.2) is 18.2 Å². The molecule has 1 aliphatic rings. The molecule has 0 radical (unpaired) electrons. The minimum atomic E-state index is 0.798. The first kappa shape index (κ1) is 16.6. The summed E-state index contributed by atoms with van der Waals surface area (Å²) in [5.41, 5.74) is 2.40. The summed E-state index contributed by atoms with van der Waals surface area (Å²) in [6.07, 6.45) is 2.60. The standard InChI is InChI=1S/C17H28ClN3/c1-4-19-12-15-5-6-16(11-17(15)18)21(3)13-14-7-9-20(2)10-8-14/h5-6,11,14,19H,4,7-10,12-13H2,1-3H3. The van der Waals surface area contributed by atoms with Crippen molar-refractivity contribution in [3.8, 4) is 0 Å². The van der Waals surface area contributed by atoms with E-state index < -0.39 is 0 Å². The monoisotopic (exact) mass is 309 g/mol. The van der Waals surface area contributed by atoms with E-state index in [4.69, 9.17) is 11.6 Å². The van der Waals surface area contributed by atoms with Crippen molar-refractivity contribution in [1.82, 2.24) is 10.2 Å². The van der Waals surface area contributed by atoms with E-state index in [1.165, 1.54) is 37.2 Å². The third-order valence-corrected chi connectivity index (χ3v) is 4.76. The van der Waals surface area contributed by atoms with Crippen molar-refractivity contribution in [2.75, 3.05) is 45.2 Å². The van der Waals surface area contributed by atoms with Crippen molar-refractivity contribution >= 4 is 17.3 Å². The van der Waals surface area contributed by atoms with Gasteiger partial charge in [-0.05, 0) is 63.1 Å². The second kappa shape index (κ2) is 8.02. The Morgan fingerprint density at radius 1 is 1.33 bits per heavy atom. The van der Waals surface area contributed by atoms with Gasteiger partial charge in [-0.1, -0.05) is 24.6 Å². The number of anilines is 1. The van der Waals surface area contributed by atoms with Gasteiger partial charge in [-0.2, -0.15) is 0 Å². The lowest BCUT2D eigenvalue weighted by Crippen LogP contribution is -2.35. The van der Waals surface area contributed by atoms with Crippen molar-refractivity contribution in [3.63, 3.8) is 0 Å². The summed E-state index contributed by atoms with van der Waals surface area (Å²) in [5, 5.41) is 4.19. The van der Waals surface area contributed by atoms with Crippen LogP contribution in [0.5, 0.6) is 0 Å². The highest BCUT2D eigenvalue weighted by Gasteiger charge is 2.18. The fraction of sp³-hybridized carbons (Fsp3) is 0.647. The van der Waals surface area contributed by atoms with Crippen LogP contribution >= 0.6 is 11.6 Å². The topological polar surface area (TPSA) is 18.5 Å². The molecular weight excluding hydrogens is 282 g/mol. The van der Waals surface area contributed by atoms with E-state index in [-0.39, 0.29) is 0 Å². The molecule has 21 heavy (non-hydrogen) atoms. The number of rotatable bonds is 6. The highest BCUT2D eigenvalue weighted by molar-refractivity contribution is 6.31. The molecule has 0 spiro atoms. The number of nitrogens with one attached hydrogen (secondary N) is 1. The smallest absolute Gasteiger partial charge is 0.0471 e. The van der Waals surface area contributed by atoms with E-state index in [0.717, 1.165) is 30.6 Å². The molecule has 2 rings (SSSR count). The molecule has 0 unspecified atom stereocenters. The zero-order valence-corrected chi connectivity index (χ0v) is 14.3. The second-order valence-corrected chi connectivity index (χ2v) is 6.59. The number of nitrogens with zero attached hydrogens (tertiary/aromatic N) is 2. The van der Waals surface area contributed by atoms with Crippen LogP contribution in [0, 0.1) is 5.92 Å². The Morgan fingerprint density at radius 3 is 2.67 bits per heavy atom. The number of likely N-dealkylation sites (tertiary alicyclic amines) is 1. The zero-order chi connectivity index (χ0) is 15.2. The van der Waals surface area contributed by atoms with Gasteiger partial charge in [-0.3, -0.25) is 0 Å². The SMILES string of the molecule is CCNCc1ccc(N(C)CC2CCN(C)CC2)cc1Cl. The minimum absolute atomic E-state index is 0.798. The second-order valence-electron chi connectivity index (χ2n) is 6.18. The summed E-state index contributed by atoms with van der Waals surface area (Å²) in [5.74, 6) is 0.798. The largest absolute Gasteiger partial charge is 0.374 e. The lowest BCUT2D eigenvalue weighted by Gasteiger charge is -2.32. The van der Waals surface area contributed by atoms with E-state index in [0.29, 0.717) is 0 Å². The van der Waals surface area contributed by atoms with Gasteiger partial charge in [0, 0.05) is 30.8 Å². The normalized spacial score (nSPS) is 17.1. The summed E-state index contributed by atoms with van der Waals surface area (Å²) < 4.78 is 0. The van der Waals surface area contributed by atoms with Gasteiger partial charge in [0.25, 0.3) is 0 Å². The molecule has 1 fully saturated rings. The molecule has 118 valence electrons. The highest BCUT2D eigenvalue weighted by atomic mass is 35.5. The van der Waals surface area contributed by atoms with E-state index in [1.54, 1.807) is 0 Å². The maximum atomic E-state index is 6.40. The number of hydrogen-bond acceptors (Lipinski definition) is 3. The fourth-order valence-electron chi connectivity index (χ4n) is 2.91. The van der Waals surface area contributed by atoms with Crippen LogP contribution in [-0.4, -0.2) is 45.2 Å². The van der Waals surface area contributed by atoms with Crippen LogP contribution in [0.1, 0.15) is 25.3 Å². The molecule has 0 aliphatic carbocycles. The zero-order valence-electron chi connectivity index (χ0n) is 13.5. The summed E-state index contributed by atoms with van der Waals surface area (Å²) in [7, 11) is 4.39. The third kappa shape index (κ3) is 4.87. The van der Waals surface area contributed by atoms with E-state index in [2.05, 4.69) is 54.3 Å². The molecule has 3 nitrogen and oxygen atoms in total. The first-order valence-corrected chi connectivity index (χ1v) is 8.36. The predicted molar refractivity (Wildman–Crippen MR) is 92.3 cm³/mol. The average Bonchev–Trinajstić information content (AvgIpc) is 2.48. The van der Waals surface area contributed by atoms with Crippen molar-refractivity contribution < 1.29 is 0 Å². The summed E-state index contributed by atoms with van der Waals surface area (Å²) in [6.45, 7) is 7.48. The molecule has 4 heteroatoms. The molecule has 0 amide bonds. The first-order valence-electron chi connectivity index (χ1n) is 7.99. The maximum Gasteiger partial charge on any atom is 0.0471 e. The Kier molecular flexibility index (Phi) is 6.34. The van der Waals surface area contributed by atoms with Crippen molar-refractivity contribution in [1.29, 1.82) is 0 Å². The number of hydrogen-bond donors (Lipinski definition) is 1. The van der Waals surface area contributed by atoms with Crippen LogP contribution in [0.2, 0.25) is 5.02 Å². The van der Waals surface area contributed by atoms with E-state index >= 15 is 0 Å². The van der Waals surface area contributed by atoms with Crippen molar-refractivity contribution in [2.24, 2.45) is 5.92 Å². The fourth-order valence-corrected chi connectivity index (χ4v) is 3.16. The molecular formula is C17H28ClN3. The third-order valence-electron chi connectivity index (χ3n) is 4.41. The average molecular weight is 310 g/mol. The number of piperidine rings is 1. The van der Waals surface area contributed by atoms with Gasteiger partial charge in [0.05, 0.1) is 0 Å². The van der Waals surface area contributed by atoms with Crippen molar-refractivity contribution in [3.05, 3.63) is 28.8 Å². The summed E-state index contributed by atoms with van der Waals surface area (Å²) in [6, 6.07) is 6.43. The Hall–Kier alpha value is -0.770. The Morgan fingerprint density at radius 2 is 2.05 bits per heavy atom. The molecule has 1 N–H and O–H groups in total. The predicted octanol–water partition coefficient (Wildman–Crippen LogP) is 3.23. The van der Waals surface area contributed by atoms with E-state index in [9.17, 15) is 0 Å². The summed E-state index contributed by atoms with van der Waals surface area (Å²) >= 11 is 6.40. The molecule has 0 saturated carbocycles. The maximum absolute atomic E-state index is 6.40. The number of benzene rings is 1. The molecule has 0 atom stereocenters. The van der Waals surface area contributed by atoms with Gasteiger partial charge in [0.15, 0.2) is 0 Å². The van der Waals surface area contributed by atoms with Crippen LogP contribution in [0.3, 0.4) is 0 Å². The molecule has 1 saturated heterocycles. The Balaban J connectivity index is 1.92. The lowest BCUT2D eigenvalue weighted by atomic mass is 9.96. The number of halogens is 1. The minimum Gasteiger partial charge on any atom is -0.374 e. The quantitative estimate of drug-likeness (QED) is 0.870. The van der Waals surface area contributed by atoms with Crippen LogP contribution < -0.4 is 10.2 Å². The molecule has 1 heterocycles. The molecule has 0 aromatic heterocycles. The molecule has 1 aromatic carbocycles. The van der Waals surface area contributed by atoms with Crippen LogP contribution in [0.4, 0.5) is 5.69 Å².